The maximum Gasteiger partial charge on any atom is 0.273 e. The van der Waals surface area contributed by atoms with Crippen molar-refractivity contribution in [3.63, 3.8) is 0 Å². The highest BCUT2D eigenvalue weighted by molar-refractivity contribution is 6.31. The summed E-state index contributed by atoms with van der Waals surface area (Å²) in [6.45, 7) is 1.05. The van der Waals surface area contributed by atoms with Crippen LogP contribution in [-0.2, 0) is 0 Å². The van der Waals surface area contributed by atoms with Gasteiger partial charge in [-0.2, -0.15) is 9.78 Å². The number of carbonyl (C=O) groups excluding carboxylic acids is 1. The fraction of sp³-hybridized carbons (Fsp3) is 0.0833. The van der Waals surface area contributed by atoms with Gasteiger partial charge in [-0.1, -0.05) is 59.1 Å². The van der Waals surface area contributed by atoms with Gasteiger partial charge in [-0.25, -0.2) is 8.78 Å². The molecule has 1 heterocycles. The zero-order valence-electron chi connectivity index (χ0n) is 16.7. The predicted molar refractivity (Wildman–Crippen MR) is 121 cm³/mol. The van der Waals surface area contributed by atoms with Crippen LogP contribution in [0.2, 0.25) is 10.0 Å². The van der Waals surface area contributed by atoms with Gasteiger partial charge in [0.2, 0.25) is 0 Å². The van der Waals surface area contributed by atoms with Gasteiger partial charge in [-0.15, -0.1) is 0 Å². The molecule has 4 aromatic rings. The third-order valence-electron chi connectivity index (χ3n) is 4.96. The zero-order chi connectivity index (χ0) is 23.0. The first kappa shape index (κ1) is 22.1. The molecule has 0 fully saturated rings. The molecule has 1 N–H and O–H groups in total. The van der Waals surface area contributed by atoms with Crippen molar-refractivity contribution >= 4 is 29.1 Å². The highest BCUT2D eigenvalue weighted by atomic mass is 35.5. The molecule has 0 aliphatic rings. The van der Waals surface area contributed by atoms with Crippen molar-refractivity contribution in [1.82, 2.24) is 9.78 Å². The number of aromatic nitrogens is 2. The zero-order valence-corrected chi connectivity index (χ0v) is 18.3. The number of aryl methyl sites for hydroxylation is 1. The van der Waals surface area contributed by atoms with E-state index in [0.717, 1.165) is 16.3 Å². The summed E-state index contributed by atoms with van der Waals surface area (Å²) in [5.74, 6) is -2.10. The average molecular weight is 473 g/mol. The van der Waals surface area contributed by atoms with Gasteiger partial charge in [0, 0.05) is 22.3 Å². The first-order valence-electron chi connectivity index (χ1n) is 9.55. The third-order valence-corrected chi connectivity index (χ3v) is 5.54. The lowest BCUT2D eigenvalue weighted by Crippen LogP contribution is -2.17. The molecule has 162 valence electrons. The fourth-order valence-corrected chi connectivity index (χ4v) is 3.88. The van der Waals surface area contributed by atoms with E-state index < -0.39 is 24.1 Å². The number of aliphatic hydroxyl groups excluding tert-OH is 1. The molecule has 0 saturated heterocycles. The van der Waals surface area contributed by atoms with Crippen LogP contribution in [0.1, 0.15) is 10.4 Å². The first-order valence-corrected chi connectivity index (χ1v) is 10.3. The second kappa shape index (κ2) is 8.82. The number of rotatable bonds is 4. The van der Waals surface area contributed by atoms with Crippen molar-refractivity contribution in [1.29, 1.82) is 0 Å². The predicted octanol–water partition coefficient (Wildman–Crippen LogP) is 6.41. The minimum Gasteiger partial charge on any atom is -0.386 e. The second-order valence-corrected chi connectivity index (χ2v) is 7.95. The Kier molecular flexibility index (Phi) is 6.11. The van der Waals surface area contributed by atoms with Crippen molar-refractivity contribution in [3.05, 3.63) is 87.9 Å². The van der Waals surface area contributed by atoms with Gasteiger partial charge >= 0.3 is 0 Å². The lowest BCUT2D eigenvalue weighted by atomic mass is 9.95. The Morgan fingerprint density at radius 3 is 2.44 bits per heavy atom. The van der Waals surface area contributed by atoms with Crippen LogP contribution in [-0.4, -0.2) is 27.4 Å². The minimum absolute atomic E-state index is 0.0986. The van der Waals surface area contributed by atoms with Crippen LogP contribution in [0.25, 0.3) is 33.6 Å². The number of halogens is 4. The molecule has 0 spiro atoms. The molecule has 4 nitrogen and oxygen atoms in total. The Hall–Kier alpha value is -3.06. The van der Waals surface area contributed by atoms with E-state index in [-0.39, 0.29) is 26.9 Å². The summed E-state index contributed by atoms with van der Waals surface area (Å²) < 4.78 is 30.0. The Morgan fingerprint density at radius 1 is 1.00 bits per heavy atom. The van der Waals surface area contributed by atoms with Crippen molar-refractivity contribution in [2.24, 2.45) is 0 Å². The van der Waals surface area contributed by atoms with E-state index in [4.69, 9.17) is 23.2 Å². The summed E-state index contributed by atoms with van der Waals surface area (Å²) in [6, 6.07) is 15.7. The highest BCUT2D eigenvalue weighted by Gasteiger charge is 2.27. The van der Waals surface area contributed by atoms with Crippen LogP contribution in [0.5, 0.6) is 0 Å². The van der Waals surface area contributed by atoms with Crippen molar-refractivity contribution < 1.29 is 18.7 Å². The Labute approximate surface area is 192 Å². The van der Waals surface area contributed by atoms with E-state index in [1.807, 2.05) is 25.1 Å². The number of benzene rings is 3. The summed E-state index contributed by atoms with van der Waals surface area (Å²) >= 11 is 12.0. The summed E-state index contributed by atoms with van der Waals surface area (Å²) in [6.07, 6.45) is 0. The Balaban J connectivity index is 2.16. The quantitative estimate of drug-likeness (QED) is 0.373. The van der Waals surface area contributed by atoms with E-state index in [9.17, 15) is 14.3 Å². The lowest BCUT2D eigenvalue weighted by Gasteiger charge is -2.11. The maximum absolute atomic E-state index is 15.2. The summed E-state index contributed by atoms with van der Waals surface area (Å²) in [5.41, 5.74) is 2.68. The van der Waals surface area contributed by atoms with Crippen LogP contribution in [0.15, 0.2) is 60.7 Å². The van der Waals surface area contributed by atoms with Gasteiger partial charge in [0.25, 0.3) is 5.91 Å². The third kappa shape index (κ3) is 3.93. The molecule has 32 heavy (non-hydrogen) atoms. The SMILES string of the molecule is Cc1cccc(-c2nn(C(=O)CO)c(-c3ccc(F)c(Cl)c3)c2-c2cccc(Cl)c2F)c1. The topological polar surface area (TPSA) is 55.1 Å². The molecule has 1 aromatic heterocycles. The molecule has 8 heteroatoms. The van der Waals surface area contributed by atoms with E-state index in [1.165, 1.54) is 24.3 Å². The monoisotopic (exact) mass is 472 g/mol. The van der Waals surface area contributed by atoms with Crippen molar-refractivity contribution in [3.8, 4) is 33.6 Å². The number of aliphatic hydroxyl groups is 1. The molecule has 3 aromatic carbocycles. The second-order valence-electron chi connectivity index (χ2n) is 7.14. The maximum atomic E-state index is 15.2. The lowest BCUT2D eigenvalue weighted by molar-refractivity contribution is 0.0804. The molecule has 0 radical (unpaired) electrons. The molecule has 0 aliphatic carbocycles. The normalized spacial score (nSPS) is 11.1. The molecule has 0 amide bonds. The number of carbonyl (C=O) groups is 1. The van der Waals surface area contributed by atoms with Crippen molar-refractivity contribution in [2.75, 3.05) is 6.61 Å². The largest absolute Gasteiger partial charge is 0.386 e. The van der Waals surface area contributed by atoms with E-state index >= 15 is 4.39 Å². The van der Waals surface area contributed by atoms with Crippen LogP contribution in [0.4, 0.5) is 8.78 Å². The van der Waals surface area contributed by atoms with E-state index in [2.05, 4.69) is 5.10 Å². The molecule has 0 unspecified atom stereocenters. The van der Waals surface area contributed by atoms with Gasteiger partial charge in [-0.3, -0.25) is 4.79 Å². The van der Waals surface area contributed by atoms with Gasteiger partial charge in [0.1, 0.15) is 23.9 Å². The van der Waals surface area contributed by atoms with E-state index in [0.29, 0.717) is 16.8 Å². The summed E-state index contributed by atoms with van der Waals surface area (Å²) in [5, 5.41) is 13.7. The summed E-state index contributed by atoms with van der Waals surface area (Å²) in [7, 11) is 0. The fourth-order valence-electron chi connectivity index (χ4n) is 3.52. The molecule has 4 rings (SSSR count). The summed E-state index contributed by atoms with van der Waals surface area (Å²) in [4.78, 5) is 12.6. The smallest absolute Gasteiger partial charge is 0.273 e. The Morgan fingerprint density at radius 2 is 1.75 bits per heavy atom. The number of hydrogen-bond acceptors (Lipinski definition) is 3. The standard InChI is InChI=1S/C24H16Cl2F2N2O2/c1-13-4-2-5-14(10-13)23-21(16-6-3-7-17(25)22(16)28)24(30(29-23)20(32)12-31)15-8-9-19(27)18(26)11-15/h2-11,31H,12H2,1H3. The number of hydrogen-bond donors (Lipinski definition) is 1. The molecule has 0 bridgehead atoms. The van der Waals surface area contributed by atoms with Gasteiger partial charge in [0.15, 0.2) is 0 Å². The molecule has 0 saturated carbocycles. The van der Waals surface area contributed by atoms with Gasteiger partial charge < -0.3 is 5.11 Å². The van der Waals surface area contributed by atoms with Gasteiger partial charge in [-0.05, 0) is 37.3 Å². The van der Waals surface area contributed by atoms with Gasteiger partial charge in [0.05, 0.1) is 15.7 Å². The van der Waals surface area contributed by atoms with Crippen LogP contribution >= 0.6 is 23.2 Å². The van der Waals surface area contributed by atoms with E-state index in [1.54, 1.807) is 12.1 Å². The van der Waals surface area contributed by atoms with Crippen LogP contribution in [0.3, 0.4) is 0 Å². The molecular weight excluding hydrogens is 457 g/mol. The Bertz CT molecular complexity index is 1350. The molecule has 0 aliphatic heterocycles. The highest BCUT2D eigenvalue weighted by Crippen LogP contribution is 2.42. The molecular formula is C24H16Cl2F2N2O2. The first-order chi connectivity index (χ1) is 15.3. The van der Waals surface area contributed by atoms with Crippen LogP contribution in [0, 0.1) is 18.6 Å². The average Bonchev–Trinajstić information content (AvgIpc) is 3.17. The number of nitrogens with zero attached hydrogens (tertiary/aromatic N) is 2. The van der Waals surface area contributed by atoms with Crippen LogP contribution < -0.4 is 0 Å². The minimum atomic E-state index is -0.839. The van der Waals surface area contributed by atoms with Crippen molar-refractivity contribution in [2.45, 2.75) is 6.92 Å². The molecule has 0 atom stereocenters.